The molecule has 54 heavy (non-hydrogen) atoms. The van der Waals surface area contributed by atoms with Crippen molar-refractivity contribution in [3.8, 4) is 0 Å². The van der Waals surface area contributed by atoms with Crippen molar-refractivity contribution in [3.63, 3.8) is 0 Å². The average Bonchev–Trinajstić information content (AvgIpc) is 3.93. The van der Waals surface area contributed by atoms with Gasteiger partial charge in [0.1, 0.15) is 0 Å². The van der Waals surface area contributed by atoms with Crippen LogP contribution in [-0.4, -0.2) is 0 Å². The lowest BCUT2D eigenvalue weighted by molar-refractivity contribution is 0.264. The Morgan fingerprint density at radius 2 is 1.39 bits per heavy atom. The van der Waals surface area contributed by atoms with Crippen molar-refractivity contribution < 1.29 is 0 Å². The van der Waals surface area contributed by atoms with Crippen LogP contribution in [0.15, 0.2) is 114 Å². The summed E-state index contributed by atoms with van der Waals surface area (Å²) in [7, 11) is 0. The largest absolute Gasteiger partial charge is 0.100 e. The second kappa shape index (κ2) is 30.6. The first-order chi connectivity index (χ1) is 25.7. The summed E-state index contributed by atoms with van der Waals surface area (Å²) in [5, 5.41) is 0. The molecule has 1 aromatic rings. The van der Waals surface area contributed by atoms with Crippen LogP contribution < -0.4 is 0 Å². The van der Waals surface area contributed by atoms with Gasteiger partial charge in [0, 0.05) is 10.8 Å². The first-order valence-electron chi connectivity index (χ1n) is 22.5. The van der Waals surface area contributed by atoms with E-state index in [0.29, 0.717) is 0 Å². The molecule has 3 rings (SSSR count). The van der Waals surface area contributed by atoms with Crippen LogP contribution in [0.4, 0.5) is 0 Å². The van der Waals surface area contributed by atoms with Gasteiger partial charge in [0.25, 0.3) is 0 Å². The number of aryl methyl sites for hydroxylation is 1. The van der Waals surface area contributed by atoms with Crippen molar-refractivity contribution in [2.24, 2.45) is 22.2 Å². The Balaban J connectivity index is 0. The van der Waals surface area contributed by atoms with Gasteiger partial charge in [-0.25, -0.2) is 0 Å². The van der Waals surface area contributed by atoms with E-state index in [1.54, 1.807) is 11.1 Å². The maximum atomic E-state index is 4.37. The molecule has 0 aromatic heterocycles. The van der Waals surface area contributed by atoms with Crippen LogP contribution in [0.3, 0.4) is 0 Å². The van der Waals surface area contributed by atoms with Crippen LogP contribution in [0.1, 0.15) is 199 Å². The van der Waals surface area contributed by atoms with Gasteiger partial charge < -0.3 is 0 Å². The Labute approximate surface area is 340 Å². The summed E-state index contributed by atoms with van der Waals surface area (Å²) in [6, 6.07) is 10.6. The Hall–Kier alpha value is -2.60. The fourth-order valence-corrected chi connectivity index (χ4v) is 7.76. The minimum atomic E-state index is 0.0916. The zero-order chi connectivity index (χ0) is 41.6. The van der Waals surface area contributed by atoms with E-state index in [0.717, 1.165) is 37.2 Å². The molecule has 0 nitrogen and oxygen atoms in total. The zero-order valence-corrected chi connectivity index (χ0v) is 38.9. The molecule has 2 aliphatic carbocycles. The maximum Gasteiger partial charge on any atom is 0.0315 e. The molecule has 0 radical (unpaired) electrons. The number of allylic oxidation sites excluding steroid dienone is 11. The summed E-state index contributed by atoms with van der Waals surface area (Å²) in [5.41, 5.74) is 9.06. The quantitative estimate of drug-likeness (QED) is 0.0709. The Bertz CT molecular complexity index is 1250. The third-order valence-electron chi connectivity index (χ3n) is 10.7. The smallest absolute Gasteiger partial charge is 0.0315 e. The van der Waals surface area contributed by atoms with Crippen LogP contribution in [-0.2, 0) is 6.42 Å². The zero-order valence-electron chi connectivity index (χ0n) is 38.9. The molecule has 2 unspecified atom stereocenters. The van der Waals surface area contributed by atoms with Crippen molar-refractivity contribution in [3.05, 3.63) is 120 Å². The maximum absolute atomic E-state index is 4.37. The van der Waals surface area contributed by atoms with Gasteiger partial charge in [-0.15, -0.1) is 6.58 Å². The lowest BCUT2D eigenvalue weighted by atomic mass is 9.55. The minimum absolute atomic E-state index is 0.0916. The van der Waals surface area contributed by atoms with Crippen LogP contribution in [0.2, 0.25) is 0 Å². The van der Waals surface area contributed by atoms with E-state index in [9.17, 15) is 0 Å². The van der Waals surface area contributed by atoms with Crippen molar-refractivity contribution in [1.29, 1.82) is 0 Å². The molecule has 0 saturated carbocycles. The highest BCUT2D eigenvalue weighted by Gasteiger charge is 2.50. The second-order valence-corrected chi connectivity index (χ2v) is 16.6. The molecule has 0 heteroatoms. The highest BCUT2D eigenvalue weighted by atomic mass is 14.5. The summed E-state index contributed by atoms with van der Waals surface area (Å²) >= 11 is 0. The highest BCUT2D eigenvalue weighted by molar-refractivity contribution is 5.51. The fourth-order valence-electron chi connectivity index (χ4n) is 7.76. The molecule has 0 amide bonds. The molecule has 0 spiro atoms. The molecule has 0 N–H and O–H groups in total. The number of hydrogen-bond donors (Lipinski definition) is 0. The molecule has 0 fully saturated rings. The van der Waals surface area contributed by atoms with E-state index in [-0.39, 0.29) is 16.2 Å². The number of benzene rings is 1. The molecule has 0 heterocycles. The molecule has 0 aliphatic heterocycles. The SMILES string of the molecule is C=C(C)/C=C/CC1(C2=CCC(C)(CCC(=C)CCCC)/C(=C\CC)C2(C)C)C=C1.C=C(C)CC(C)CCCCC.CC.CC.CCCCc1ccccc1. The van der Waals surface area contributed by atoms with E-state index in [1.165, 1.54) is 93.8 Å². The van der Waals surface area contributed by atoms with Gasteiger partial charge in [-0.05, 0) is 95.0 Å². The topological polar surface area (TPSA) is 0 Å². The summed E-state index contributed by atoms with van der Waals surface area (Å²) in [6.45, 7) is 43.2. The first-order valence-corrected chi connectivity index (χ1v) is 22.5. The van der Waals surface area contributed by atoms with Crippen LogP contribution in [0.25, 0.3) is 0 Å². The lowest BCUT2D eigenvalue weighted by Gasteiger charge is -2.49. The molecule has 2 aliphatic rings. The van der Waals surface area contributed by atoms with Crippen molar-refractivity contribution >= 4 is 0 Å². The van der Waals surface area contributed by atoms with Crippen LogP contribution in [0, 0.1) is 22.2 Å². The second-order valence-electron chi connectivity index (χ2n) is 16.6. The molecule has 0 saturated heterocycles. The minimum Gasteiger partial charge on any atom is -0.100 e. The van der Waals surface area contributed by atoms with Gasteiger partial charge in [-0.1, -0.05) is 229 Å². The molecular formula is C54H92. The summed E-state index contributed by atoms with van der Waals surface area (Å²) in [4.78, 5) is 0. The van der Waals surface area contributed by atoms with Gasteiger partial charge in [0.15, 0.2) is 0 Å². The van der Waals surface area contributed by atoms with E-state index in [4.69, 9.17) is 0 Å². The summed E-state index contributed by atoms with van der Waals surface area (Å²) in [6.07, 6.45) is 34.3. The van der Waals surface area contributed by atoms with Crippen molar-refractivity contribution in [1.82, 2.24) is 0 Å². The van der Waals surface area contributed by atoms with Gasteiger partial charge >= 0.3 is 0 Å². The average molecular weight is 741 g/mol. The van der Waals surface area contributed by atoms with Gasteiger partial charge in [-0.2, -0.15) is 0 Å². The predicted molar refractivity (Wildman–Crippen MR) is 251 cm³/mol. The normalized spacial score (nSPS) is 18.6. The first kappa shape index (κ1) is 53.5. The van der Waals surface area contributed by atoms with E-state index in [2.05, 4.69) is 156 Å². The van der Waals surface area contributed by atoms with Gasteiger partial charge in [0.05, 0.1) is 0 Å². The van der Waals surface area contributed by atoms with Crippen LogP contribution >= 0.6 is 0 Å². The number of hydrogen-bond acceptors (Lipinski definition) is 0. The molecule has 1 aromatic carbocycles. The standard InChI is InChI=1S/C29H44.C11H22.C10H14.2C2H6/c1-9-11-15-24(5)16-19-28(8)20-17-26(27(6,7)25(28)13-10-2)29(21-22-29)18-12-14-23(3)4;1-5-6-7-8-11(4)9-10(2)3;1-2-3-7-10-8-5-4-6-9-10;2*1-2/h12-14,17,21-22H,3,5,9-11,15-16,18-20H2,1-2,4,6-8H3;11H,2,5-9H2,1,3-4H3;4-6,8-9H,2-3,7H2,1H3;2*1-2H3/b14-12+,25-13-;;;;. The number of unbranched alkanes of at least 4 members (excludes halogenated alkanes) is 4. The molecule has 0 bridgehead atoms. The Morgan fingerprint density at radius 3 is 1.89 bits per heavy atom. The number of rotatable bonds is 20. The molecular weight excluding hydrogens is 649 g/mol. The van der Waals surface area contributed by atoms with E-state index < -0.39 is 0 Å². The van der Waals surface area contributed by atoms with E-state index >= 15 is 0 Å². The molecule has 308 valence electrons. The highest BCUT2D eigenvalue weighted by Crippen LogP contribution is 2.62. The third-order valence-corrected chi connectivity index (χ3v) is 10.7. The third kappa shape index (κ3) is 21.5. The van der Waals surface area contributed by atoms with Crippen molar-refractivity contribution in [2.45, 2.75) is 200 Å². The predicted octanol–water partition coefficient (Wildman–Crippen LogP) is 18.5. The van der Waals surface area contributed by atoms with E-state index in [1.807, 2.05) is 27.7 Å². The van der Waals surface area contributed by atoms with Gasteiger partial charge in [-0.3, -0.25) is 0 Å². The van der Waals surface area contributed by atoms with Gasteiger partial charge in [0.2, 0.25) is 0 Å². The summed E-state index contributed by atoms with van der Waals surface area (Å²) < 4.78 is 0. The Kier molecular flexibility index (Phi) is 30.3. The summed E-state index contributed by atoms with van der Waals surface area (Å²) in [5.74, 6) is 0.846. The lowest BCUT2D eigenvalue weighted by Crippen LogP contribution is -2.37. The monoisotopic (exact) mass is 741 g/mol. The van der Waals surface area contributed by atoms with Crippen molar-refractivity contribution in [2.75, 3.05) is 0 Å². The Morgan fingerprint density at radius 1 is 0.796 bits per heavy atom. The van der Waals surface area contributed by atoms with Crippen LogP contribution in [0.5, 0.6) is 0 Å². The molecule has 2 atom stereocenters. The fraction of sp³-hybridized carbons (Fsp3) is 0.630.